The standard InChI is InChI=1S/C21H19N3O2S2/c25-21(18-11-15-5-1-2-6-17(15)28-18)24-8-3-4-14(12-24)10-19-22-20(23-26-19)16-7-9-27-13-16/h1-2,5-7,9,11,13-14H,3-4,8,10,12H2/t14-/m0/s1. The summed E-state index contributed by atoms with van der Waals surface area (Å²) in [6.45, 7) is 1.55. The van der Waals surface area contributed by atoms with Crippen molar-refractivity contribution in [2.45, 2.75) is 19.3 Å². The molecule has 4 aromatic rings. The van der Waals surface area contributed by atoms with Crippen LogP contribution in [0.4, 0.5) is 0 Å². The molecule has 0 bridgehead atoms. The number of piperidine rings is 1. The van der Waals surface area contributed by atoms with E-state index in [4.69, 9.17) is 4.52 Å². The Hall–Kier alpha value is -2.51. The van der Waals surface area contributed by atoms with Gasteiger partial charge in [-0.15, -0.1) is 11.3 Å². The highest BCUT2D eigenvalue weighted by molar-refractivity contribution is 7.20. The van der Waals surface area contributed by atoms with Crippen LogP contribution in [0.1, 0.15) is 28.4 Å². The second kappa shape index (κ2) is 7.48. The van der Waals surface area contributed by atoms with E-state index in [1.807, 2.05) is 39.9 Å². The summed E-state index contributed by atoms with van der Waals surface area (Å²) in [6.07, 6.45) is 2.80. The fourth-order valence-corrected chi connectivity index (χ4v) is 5.42. The molecule has 0 aliphatic carbocycles. The monoisotopic (exact) mass is 409 g/mol. The third-order valence-electron chi connectivity index (χ3n) is 5.15. The number of aromatic nitrogens is 2. The van der Waals surface area contributed by atoms with E-state index in [9.17, 15) is 4.79 Å². The van der Waals surface area contributed by atoms with Gasteiger partial charge in [-0.25, -0.2) is 0 Å². The number of benzene rings is 1. The van der Waals surface area contributed by atoms with Gasteiger partial charge >= 0.3 is 0 Å². The summed E-state index contributed by atoms with van der Waals surface area (Å²) in [6, 6.07) is 12.1. The summed E-state index contributed by atoms with van der Waals surface area (Å²) >= 11 is 3.19. The van der Waals surface area contributed by atoms with Crippen molar-refractivity contribution in [1.29, 1.82) is 0 Å². The molecular formula is C21H19N3O2S2. The molecule has 0 N–H and O–H groups in total. The summed E-state index contributed by atoms with van der Waals surface area (Å²) in [5.41, 5.74) is 0.991. The Morgan fingerprint density at radius 3 is 3.07 bits per heavy atom. The van der Waals surface area contributed by atoms with Crippen molar-refractivity contribution in [2.75, 3.05) is 13.1 Å². The fourth-order valence-electron chi connectivity index (χ4n) is 3.75. The predicted octanol–water partition coefficient (Wildman–Crippen LogP) is 5.11. The number of carbonyl (C=O) groups is 1. The van der Waals surface area contributed by atoms with Gasteiger partial charge in [0.1, 0.15) is 0 Å². The van der Waals surface area contributed by atoms with Gasteiger partial charge in [-0.05, 0) is 47.7 Å². The Labute approximate surface area is 170 Å². The van der Waals surface area contributed by atoms with E-state index in [1.54, 1.807) is 22.7 Å². The first-order chi connectivity index (χ1) is 13.8. The van der Waals surface area contributed by atoms with Crippen molar-refractivity contribution >= 4 is 38.7 Å². The highest BCUT2D eigenvalue weighted by Gasteiger charge is 2.27. The Morgan fingerprint density at radius 2 is 2.21 bits per heavy atom. The van der Waals surface area contributed by atoms with Gasteiger partial charge in [-0.1, -0.05) is 23.4 Å². The van der Waals surface area contributed by atoms with Gasteiger partial charge < -0.3 is 9.42 Å². The van der Waals surface area contributed by atoms with Crippen molar-refractivity contribution in [3.63, 3.8) is 0 Å². The van der Waals surface area contributed by atoms with E-state index < -0.39 is 0 Å². The third kappa shape index (κ3) is 3.47. The maximum atomic E-state index is 13.0. The summed E-state index contributed by atoms with van der Waals surface area (Å²) < 4.78 is 6.61. The summed E-state index contributed by atoms with van der Waals surface area (Å²) in [5.74, 6) is 1.78. The molecule has 1 aliphatic heterocycles. The Morgan fingerprint density at radius 1 is 1.29 bits per heavy atom. The van der Waals surface area contributed by atoms with Crippen molar-refractivity contribution < 1.29 is 9.32 Å². The number of fused-ring (bicyclic) bond motifs is 1. The lowest BCUT2D eigenvalue weighted by Gasteiger charge is -2.31. The van der Waals surface area contributed by atoms with Crippen LogP contribution in [-0.4, -0.2) is 34.0 Å². The van der Waals surface area contributed by atoms with Crippen LogP contribution in [0.3, 0.4) is 0 Å². The number of hydrogen-bond donors (Lipinski definition) is 0. The number of thiophene rings is 2. The van der Waals surface area contributed by atoms with Crippen molar-refractivity contribution in [3.05, 3.63) is 57.9 Å². The van der Waals surface area contributed by atoms with Crippen LogP contribution in [0.15, 0.2) is 51.7 Å². The second-order valence-electron chi connectivity index (χ2n) is 7.14. The molecule has 1 aliphatic rings. The van der Waals surface area contributed by atoms with Crippen LogP contribution in [0.2, 0.25) is 0 Å². The maximum absolute atomic E-state index is 13.0. The fraction of sp³-hybridized carbons (Fsp3) is 0.286. The molecule has 0 spiro atoms. The molecule has 3 aromatic heterocycles. The van der Waals surface area contributed by atoms with Gasteiger partial charge in [0.15, 0.2) is 0 Å². The van der Waals surface area contributed by atoms with Crippen LogP contribution < -0.4 is 0 Å². The molecule has 0 unspecified atom stereocenters. The minimum Gasteiger partial charge on any atom is -0.339 e. The first kappa shape index (κ1) is 17.6. The number of carbonyl (C=O) groups excluding carboxylic acids is 1. The van der Waals surface area contributed by atoms with Crippen LogP contribution in [0.25, 0.3) is 21.5 Å². The lowest BCUT2D eigenvalue weighted by molar-refractivity contribution is 0.0673. The third-order valence-corrected chi connectivity index (χ3v) is 6.94. The van der Waals surface area contributed by atoms with E-state index in [-0.39, 0.29) is 5.91 Å². The van der Waals surface area contributed by atoms with E-state index in [1.165, 1.54) is 0 Å². The average Bonchev–Trinajstić information content (AvgIpc) is 3.47. The number of amides is 1. The highest BCUT2D eigenvalue weighted by Crippen LogP contribution is 2.29. The van der Waals surface area contributed by atoms with E-state index in [0.29, 0.717) is 24.1 Å². The molecule has 5 nitrogen and oxygen atoms in total. The molecule has 1 amide bonds. The lowest BCUT2D eigenvalue weighted by atomic mass is 9.94. The molecule has 142 valence electrons. The topological polar surface area (TPSA) is 59.2 Å². The Balaban J connectivity index is 1.27. The lowest BCUT2D eigenvalue weighted by Crippen LogP contribution is -2.40. The normalized spacial score (nSPS) is 17.3. The van der Waals surface area contributed by atoms with Gasteiger partial charge in [0.2, 0.25) is 11.7 Å². The summed E-state index contributed by atoms with van der Waals surface area (Å²) in [5, 5.41) is 9.25. The Bertz CT molecular complexity index is 1070. The molecule has 4 heterocycles. The number of rotatable bonds is 4. The molecule has 0 saturated carbocycles. The number of hydrogen-bond acceptors (Lipinski definition) is 6. The van der Waals surface area contributed by atoms with Gasteiger partial charge in [0.05, 0.1) is 4.88 Å². The van der Waals surface area contributed by atoms with Gasteiger partial charge in [-0.2, -0.15) is 16.3 Å². The molecule has 5 rings (SSSR count). The largest absolute Gasteiger partial charge is 0.339 e. The van der Waals surface area contributed by atoms with Crippen LogP contribution >= 0.6 is 22.7 Å². The van der Waals surface area contributed by atoms with Gasteiger partial charge in [0.25, 0.3) is 5.91 Å². The Kier molecular flexibility index (Phi) is 4.70. The summed E-state index contributed by atoms with van der Waals surface area (Å²) in [4.78, 5) is 20.3. The predicted molar refractivity (Wildman–Crippen MR) is 112 cm³/mol. The molecule has 1 saturated heterocycles. The van der Waals surface area contributed by atoms with Gasteiger partial charge in [0, 0.05) is 35.2 Å². The minimum absolute atomic E-state index is 0.135. The molecule has 1 atom stereocenters. The first-order valence-corrected chi connectivity index (χ1v) is 11.2. The zero-order valence-corrected chi connectivity index (χ0v) is 16.8. The smallest absolute Gasteiger partial charge is 0.263 e. The quantitative estimate of drug-likeness (QED) is 0.470. The van der Waals surface area contributed by atoms with Crippen molar-refractivity contribution in [3.8, 4) is 11.4 Å². The molecule has 28 heavy (non-hydrogen) atoms. The van der Waals surface area contributed by atoms with E-state index in [2.05, 4.69) is 22.3 Å². The molecule has 1 aromatic carbocycles. The number of likely N-dealkylation sites (tertiary alicyclic amines) is 1. The van der Waals surface area contributed by atoms with Crippen molar-refractivity contribution in [1.82, 2.24) is 15.0 Å². The second-order valence-corrected chi connectivity index (χ2v) is 9.00. The molecular weight excluding hydrogens is 390 g/mol. The molecule has 0 radical (unpaired) electrons. The highest BCUT2D eigenvalue weighted by atomic mass is 32.1. The van der Waals surface area contributed by atoms with Gasteiger partial charge in [-0.3, -0.25) is 4.79 Å². The van der Waals surface area contributed by atoms with Crippen molar-refractivity contribution in [2.24, 2.45) is 5.92 Å². The summed E-state index contributed by atoms with van der Waals surface area (Å²) in [7, 11) is 0. The zero-order valence-electron chi connectivity index (χ0n) is 15.2. The average molecular weight is 410 g/mol. The van der Waals surface area contributed by atoms with Crippen LogP contribution in [0, 0.1) is 5.92 Å². The van der Waals surface area contributed by atoms with E-state index >= 15 is 0 Å². The maximum Gasteiger partial charge on any atom is 0.263 e. The van der Waals surface area contributed by atoms with E-state index in [0.717, 1.165) is 46.5 Å². The zero-order chi connectivity index (χ0) is 18.9. The minimum atomic E-state index is 0.135. The van der Waals surface area contributed by atoms with Crippen LogP contribution in [-0.2, 0) is 6.42 Å². The number of nitrogens with zero attached hydrogens (tertiary/aromatic N) is 3. The SMILES string of the molecule is O=C(c1cc2ccccc2s1)N1CCC[C@@H](Cc2nc(-c3ccsc3)no2)C1. The van der Waals surface area contributed by atoms with Crippen LogP contribution in [0.5, 0.6) is 0 Å². The molecule has 1 fully saturated rings. The molecule has 7 heteroatoms. The first-order valence-electron chi connectivity index (χ1n) is 9.39.